The smallest absolute Gasteiger partial charge is 0.275 e. The first-order valence-electron chi connectivity index (χ1n) is 5.06. The fraction of sp³-hybridized carbons (Fsp3) is 0.364. The lowest BCUT2D eigenvalue weighted by Gasteiger charge is -2.16. The topological polar surface area (TPSA) is 117 Å². The van der Waals surface area contributed by atoms with Gasteiger partial charge in [-0.1, -0.05) is 0 Å². The van der Waals surface area contributed by atoms with Gasteiger partial charge in [0, 0.05) is 6.07 Å². The van der Waals surface area contributed by atoms with E-state index in [1.54, 1.807) is 6.07 Å². The second-order valence-corrected chi connectivity index (χ2v) is 3.56. The van der Waals surface area contributed by atoms with Crippen LogP contribution in [0.3, 0.4) is 0 Å². The zero-order valence-corrected chi connectivity index (χ0v) is 9.61. The minimum Gasteiger partial charge on any atom is -0.497 e. The van der Waals surface area contributed by atoms with Gasteiger partial charge in [-0.2, -0.15) is 5.26 Å². The van der Waals surface area contributed by atoms with Gasteiger partial charge in [-0.15, -0.1) is 0 Å². The van der Waals surface area contributed by atoms with E-state index in [4.69, 9.17) is 10.00 Å². The molecule has 1 rings (SSSR count). The predicted molar refractivity (Wildman–Crippen MR) is 60.8 cm³/mol. The lowest BCUT2D eigenvalue weighted by Crippen LogP contribution is -2.18. The van der Waals surface area contributed by atoms with E-state index in [1.165, 1.54) is 25.3 Å². The highest BCUT2D eigenvalue weighted by Gasteiger charge is 2.26. The molecular formula is C11H12N2O5. The molecular weight excluding hydrogens is 240 g/mol. The summed E-state index contributed by atoms with van der Waals surface area (Å²) in [5, 5.41) is 38.6. The number of ether oxygens (including phenoxy) is 1. The molecule has 1 aromatic carbocycles. The van der Waals surface area contributed by atoms with Crippen LogP contribution in [-0.4, -0.2) is 28.4 Å². The Bertz CT molecular complexity index is 483. The molecule has 0 aliphatic rings. The lowest BCUT2D eigenvalue weighted by molar-refractivity contribution is -0.386. The summed E-state index contributed by atoms with van der Waals surface area (Å²) < 4.78 is 4.90. The van der Waals surface area contributed by atoms with Crippen molar-refractivity contribution < 1.29 is 19.9 Å². The van der Waals surface area contributed by atoms with Gasteiger partial charge in [0.15, 0.2) is 0 Å². The first-order valence-corrected chi connectivity index (χ1v) is 5.06. The Morgan fingerprint density at radius 3 is 2.72 bits per heavy atom. The number of benzene rings is 1. The average Bonchev–Trinajstić information content (AvgIpc) is 2.37. The van der Waals surface area contributed by atoms with Crippen LogP contribution >= 0.6 is 0 Å². The summed E-state index contributed by atoms with van der Waals surface area (Å²) in [7, 11) is 1.38. The lowest BCUT2D eigenvalue weighted by atomic mass is 10.0. The summed E-state index contributed by atoms with van der Waals surface area (Å²) in [6.07, 6.45) is -3.23. The molecule has 0 saturated carbocycles. The number of hydrogen-bond donors (Lipinski definition) is 2. The Labute approximate surface area is 103 Å². The molecule has 0 saturated heterocycles. The number of aliphatic hydroxyl groups excluding tert-OH is 2. The molecule has 0 aromatic heterocycles. The van der Waals surface area contributed by atoms with Gasteiger partial charge in [-0.3, -0.25) is 10.1 Å². The number of nitrogens with zero attached hydrogens (tertiary/aromatic N) is 2. The molecule has 2 atom stereocenters. The number of aliphatic hydroxyl groups is 2. The van der Waals surface area contributed by atoms with E-state index < -0.39 is 17.1 Å². The van der Waals surface area contributed by atoms with Gasteiger partial charge < -0.3 is 14.9 Å². The van der Waals surface area contributed by atoms with Crippen molar-refractivity contribution in [2.75, 3.05) is 7.11 Å². The monoisotopic (exact) mass is 252 g/mol. The number of nitro benzene ring substituents is 1. The van der Waals surface area contributed by atoms with E-state index in [0.717, 1.165) is 0 Å². The van der Waals surface area contributed by atoms with Gasteiger partial charge in [0.1, 0.15) is 11.9 Å². The largest absolute Gasteiger partial charge is 0.497 e. The molecule has 0 aliphatic heterocycles. The third-order valence-electron chi connectivity index (χ3n) is 2.41. The van der Waals surface area contributed by atoms with Crippen molar-refractivity contribution >= 4 is 5.69 Å². The highest BCUT2D eigenvalue weighted by molar-refractivity contribution is 5.47. The molecule has 0 bridgehead atoms. The Hall–Kier alpha value is -2.17. The van der Waals surface area contributed by atoms with Gasteiger partial charge >= 0.3 is 0 Å². The maximum Gasteiger partial charge on any atom is 0.275 e. The van der Waals surface area contributed by atoms with E-state index in [-0.39, 0.29) is 17.7 Å². The molecule has 0 heterocycles. The third-order valence-corrected chi connectivity index (χ3v) is 2.41. The molecule has 0 spiro atoms. The second kappa shape index (κ2) is 5.95. The van der Waals surface area contributed by atoms with Gasteiger partial charge in [-0.25, -0.2) is 0 Å². The molecule has 7 heteroatoms. The molecule has 2 unspecified atom stereocenters. The average molecular weight is 252 g/mol. The van der Waals surface area contributed by atoms with Crippen molar-refractivity contribution in [1.82, 2.24) is 0 Å². The number of nitriles is 1. The van der Waals surface area contributed by atoms with E-state index in [2.05, 4.69) is 0 Å². The standard InChI is InChI=1S/C11H12N2O5/c1-18-7-2-3-9(13(16)17)8(6-7)11(15)10(14)4-5-12/h2-3,6,10-11,14-15H,4H2,1H3. The van der Waals surface area contributed by atoms with Crippen LogP contribution in [0.25, 0.3) is 0 Å². The van der Waals surface area contributed by atoms with Crippen molar-refractivity contribution in [1.29, 1.82) is 5.26 Å². The van der Waals surface area contributed by atoms with Crippen LogP contribution in [0.1, 0.15) is 18.1 Å². The fourth-order valence-corrected chi connectivity index (χ4v) is 1.48. The molecule has 0 amide bonds. The van der Waals surface area contributed by atoms with Crippen molar-refractivity contribution in [3.05, 3.63) is 33.9 Å². The van der Waals surface area contributed by atoms with Crippen molar-refractivity contribution in [3.8, 4) is 11.8 Å². The Kier molecular flexibility index (Phi) is 4.59. The van der Waals surface area contributed by atoms with Crippen LogP contribution in [0.5, 0.6) is 5.75 Å². The van der Waals surface area contributed by atoms with Crippen LogP contribution in [-0.2, 0) is 0 Å². The number of methoxy groups -OCH3 is 1. The summed E-state index contributed by atoms with van der Waals surface area (Å²) in [5.74, 6) is 0.318. The van der Waals surface area contributed by atoms with Crippen molar-refractivity contribution in [2.24, 2.45) is 0 Å². The summed E-state index contributed by atoms with van der Waals surface area (Å²) in [6, 6.07) is 5.51. The molecule has 2 N–H and O–H groups in total. The molecule has 1 aromatic rings. The zero-order valence-electron chi connectivity index (χ0n) is 9.61. The summed E-state index contributed by atoms with van der Waals surface area (Å²) in [5.41, 5.74) is -0.414. The van der Waals surface area contributed by atoms with Crippen LogP contribution < -0.4 is 4.74 Å². The molecule has 18 heavy (non-hydrogen) atoms. The van der Waals surface area contributed by atoms with Crippen LogP contribution in [0.15, 0.2) is 18.2 Å². The zero-order chi connectivity index (χ0) is 13.7. The van der Waals surface area contributed by atoms with Gasteiger partial charge in [0.25, 0.3) is 5.69 Å². The maximum absolute atomic E-state index is 10.8. The number of rotatable bonds is 5. The quantitative estimate of drug-likeness (QED) is 0.594. The predicted octanol–water partition coefficient (Wildman–Crippen LogP) is 0.911. The van der Waals surface area contributed by atoms with Gasteiger partial charge in [0.2, 0.25) is 0 Å². The number of hydrogen-bond acceptors (Lipinski definition) is 6. The van der Waals surface area contributed by atoms with Crippen molar-refractivity contribution in [3.63, 3.8) is 0 Å². The molecule has 0 aliphatic carbocycles. The normalized spacial score (nSPS) is 13.4. The Morgan fingerprint density at radius 2 is 2.22 bits per heavy atom. The summed E-state index contributed by atoms with van der Waals surface area (Å²) in [6.45, 7) is 0. The van der Waals surface area contributed by atoms with E-state index in [1.807, 2.05) is 0 Å². The van der Waals surface area contributed by atoms with Crippen LogP contribution in [0.4, 0.5) is 5.69 Å². The maximum atomic E-state index is 10.8. The van der Waals surface area contributed by atoms with E-state index in [0.29, 0.717) is 5.75 Å². The van der Waals surface area contributed by atoms with E-state index in [9.17, 15) is 20.3 Å². The number of nitro groups is 1. The molecule has 96 valence electrons. The minimum absolute atomic E-state index is 0.0814. The second-order valence-electron chi connectivity index (χ2n) is 3.56. The Morgan fingerprint density at radius 1 is 1.56 bits per heavy atom. The van der Waals surface area contributed by atoms with Gasteiger partial charge in [-0.05, 0) is 12.1 Å². The summed E-state index contributed by atoms with van der Waals surface area (Å²) >= 11 is 0. The Balaban J connectivity index is 3.19. The fourth-order valence-electron chi connectivity index (χ4n) is 1.48. The molecule has 0 fully saturated rings. The van der Waals surface area contributed by atoms with Crippen LogP contribution in [0.2, 0.25) is 0 Å². The molecule has 0 radical (unpaired) electrons. The SMILES string of the molecule is COc1ccc([N+](=O)[O-])c(C(O)C(O)CC#N)c1. The molecule has 7 nitrogen and oxygen atoms in total. The first-order chi connectivity index (χ1) is 8.51. The van der Waals surface area contributed by atoms with E-state index >= 15 is 0 Å². The van der Waals surface area contributed by atoms with Gasteiger partial charge in [0.05, 0.1) is 36.2 Å². The summed E-state index contributed by atoms with van der Waals surface area (Å²) in [4.78, 5) is 10.1. The highest BCUT2D eigenvalue weighted by Crippen LogP contribution is 2.31. The highest BCUT2D eigenvalue weighted by atomic mass is 16.6. The first kappa shape index (κ1) is 13.9. The van der Waals surface area contributed by atoms with Crippen molar-refractivity contribution in [2.45, 2.75) is 18.6 Å². The third kappa shape index (κ3) is 2.94. The van der Waals surface area contributed by atoms with Crippen LogP contribution in [0, 0.1) is 21.4 Å². The minimum atomic E-state index is -1.51.